The number of nitrogens with one attached hydrogen (secondary N) is 2. The van der Waals surface area contributed by atoms with Crippen LogP contribution >= 0.6 is 12.6 Å². The van der Waals surface area contributed by atoms with E-state index in [0.717, 1.165) is 18.6 Å². The zero-order valence-electron chi connectivity index (χ0n) is 19.1. The summed E-state index contributed by atoms with van der Waals surface area (Å²) in [6.45, 7) is 14.5. The molecule has 6 nitrogen and oxygen atoms in total. The number of Topliss-reactive ketones (excluding diaryl/α,β-unsaturated/α-hetero) is 1. The zero-order valence-corrected chi connectivity index (χ0v) is 20.0. The number of likely N-dealkylation sites (N-methyl/N-ethyl adjacent to an activating group) is 2. The smallest absolute Gasteiger partial charge is 0.243 e. The summed E-state index contributed by atoms with van der Waals surface area (Å²) in [4.78, 5) is 36.9. The van der Waals surface area contributed by atoms with Crippen LogP contribution in [0, 0.1) is 0 Å². The van der Waals surface area contributed by atoms with Gasteiger partial charge in [-0.3, -0.25) is 14.4 Å². The Morgan fingerprint density at radius 1 is 0.963 bits per heavy atom. The SMILES string of the molecule is CC.CC.CC.CNCCNC(=O)C(CC(C)=O)N(C)C(=O)CCCCS. The van der Waals surface area contributed by atoms with Crippen LogP contribution in [0.3, 0.4) is 0 Å². The number of rotatable bonds is 11. The Hall–Kier alpha value is -1.08. The Kier molecular flexibility index (Phi) is 33.7. The highest BCUT2D eigenvalue weighted by molar-refractivity contribution is 7.80. The predicted molar refractivity (Wildman–Crippen MR) is 121 cm³/mol. The van der Waals surface area contributed by atoms with Gasteiger partial charge in [-0.05, 0) is 32.6 Å². The van der Waals surface area contributed by atoms with Crippen LogP contribution < -0.4 is 10.6 Å². The molecule has 2 N–H and O–H groups in total. The molecule has 1 unspecified atom stereocenters. The highest BCUT2D eigenvalue weighted by Crippen LogP contribution is 2.08. The molecule has 164 valence electrons. The second-order valence-electron chi connectivity index (χ2n) is 5.00. The first-order chi connectivity index (χ1) is 12.9. The van der Waals surface area contributed by atoms with Gasteiger partial charge in [-0.25, -0.2) is 0 Å². The number of ketones is 1. The lowest BCUT2D eigenvalue weighted by Crippen LogP contribution is -2.49. The maximum absolute atomic E-state index is 12.1. The van der Waals surface area contributed by atoms with E-state index in [2.05, 4.69) is 23.3 Å². The maximum atomic E-state index is 12.1. The van der Waals surface area contributed by atoms with E-state index < -0.39 is 6.04 Å². The van der Waals surface area contributed by atoms with Crippen LogP contribution in [0.2, 0.25) is 0 Å². The van der Waals surface area contributed by atoms with Crippen LogP contribution in [-0.2, 0) is 14.4 Å². The van der Waals surface area contributed by atoms with Gasteiger partial charge >= 0.3 is 0 Å². The van der Waals surface area contributed by atoms with Gasteiger partial charge in [0.15, 0.2) is 0 Å². The summed E-state index contributed by atoms with van der Waals surface area (Å²) in [5.74, 6) is 0.217. The van der Waals surface area contributed by atoms with Crippen molar-refractivity contribution in [2.75, 3.05) is 32.9 Å². The van der Waals surface area contributed by atoms with Gasteiger partial charge in [0.25, 0.3) is 0 Å². The summed E-state index contributed by atoms with van der Waals surface area (Å²) >= 11 is 4.10. The Bertz CT molecular complexity index is 353. The molecule has 27 heavy (non-hydrogen) atoms. The summed E-state index contributed by atoms with van der Waals surface area (Å²) < 4.78 is 0. The van der Waals surface area contributed by atoms with E-state index in [1.54, 1.807) is 14.1 Å². The third kappa shape index (κ3) is 21.1. The molecule has 0 rings (SSSR count). The molecule has 0 fully saturated rings. The second kappa shape index (κ2) is 27.1. The number of hydrogen-bond donors (Lipinski definition) is 3. The fourth-order valence-corrected chi connectivity index (χ4v) is 2.07. The van der Waals surface area contributed by atoms with Crippen LogP contribution in [0.4, 0.5) is 0 Å². The summed E-state index contributed by atoms with van der Waals surface area (Å²) in [5, 5.41) is 5.65. The minimum Gasteiger partial charge on any atom is -0.353 e. The molecular weight excluding hydrogens is 362 g/mol. The van der Waals surface area contributed by atoms with Crippen LogP contribution in [0.15, 0.2) is 0 Å². The first-order valence-electron chi connectivity index (χ1n) is 10.2. The molecule has 0 radical (unpaired) electrons. The molecule has 0 aromatic rings. The molecule has 0 spiro atoms. The molecule has 0 aromatic heterocycles. The van der Waals surface area contributed by atoms with Crippen LogP contribution in [0.25, 0.3) is 0 Å². The van der Waals surface area contributed by atoms with Gasteiger partial charge in [0.1, 0.15) is 11.8 Å². The Labute approximate surface area is 173 Å². The molecule has 0 saturated carbocycles. The van der Waals surface area contributed by atoms with Crippen molar-refractivity contribution in [2.24, 2.45) is 0 Å². The fourth-order valence-electron chi connectivity index (χ4n) is 1.84. The van der Waals surface area contributed by atoms with E-state index in [1.165, 1.54) is 11.8 Å². The lowest BCUT2D eigenvalue weighted by atomic mass is 10.1. The van der Waals surface area contributed by atoms with Gasteiger partial charge in [-0.15, -0.1) is 0 Å². The average Bonchev–Trinajstić information content (AvgIpc) is 2.70. The minimum atomic E-state index is -0.733. The van der Waals surface area contributed by atoms with Crippen LogP contribution in [0.1, 0.15) is 74.1 Å². The van der Waals surface area contributed by atoms with Gasteiger partial charge in [0, 0.05) is 33.0 Å². The van der Waals surface area contributed by atoms with Crippen molar-refractivity contribution in [3.63, 3.8) is 0 Å². The maximum Gasteiger partial charge on any atom is 0.243 e. The molecule has 0 aliphatic carbocycles. The van der Waals surface area contributed by atoms with Gasteiger partial charge in [-0.2, -0.15) is 12.6 Å². The summed E-state index contributed by atoms with van der Waals surface area (Å²) in [5.41, 5.74) is 0. The summed E-state index contributed by atoms with van der Waals surface area (Å²) in [6, 6.07) is -0.733. The summed E-state index contributed by atoms with van der Waals surface area (Å²) in [7, 11) is 3.37. The molecule has 0 aliphatic heterocycles. The molecule has 7 heteroatoms. The quantitative estimate of drug-likeness (QED) is 0.363. The van der Waals surface area contributed by atoms with Gasteiger partial charge in [0.2, 0.25) is 11.8 Å². The number of carbonyl (C=O) groups is 3. The van der Waals surface area contributed by atoms with Crippen LogP contribution in [0.5, 0.6) is 0 Å². The van der Waals surface area contributed by atoms with Crippen molar-refractivity contribution in [3.8, 4) is 0 Å². The molecule has 0 bridgehead atoms. The summed E-state index contributed by atoms with van der Waals surface area (Å²) in [6.07, 6.45) is 2.00. The van der Waals surface area contributed by atoms with E-state index in [0.29, 0.717) is 19.5 Å². The number of nitrogens with zero attached hydrogens (tertiary/aromatic N) is 1. The highest BCUT2D eigenvalue weighted by atomic mass is 32.1. The van der Waals surface area contributed by atoms with Crippen molar-refractivity contribution in [2.45, 2.75) is 80.2 Å². The normalized spacial score (nSPS) is 9.85. The average molecular weight is 408 g/mol. The van der Waals surface area contributed by atoms with E-state index in [-0.39, 0.29) is 24.0 Å². The van der Waals surface area contributed by atoms with Crippen molar-refractivity contribution in [1.29, 1.82) is 0 Å². The lowest BCUT2D eigenvalue weighted by Gasteiger charge is -2.26. The Morgan fingerprint density at radius 3 is 1.89 bits per heavy atom. The number of amides is 2. The van der Waals surface area contributed by atoms with Crippen molar-refractivity contribution < 1.29 is 14.4 Å². The second-order valence-corrected chi connectivity index (χ2v) is 5.45. The third-order valence-corrected chi connectivity index (χ3v) is 3.43. The number of unbranched alkanes of at least 4 members (excludes halogenated alkanes) is 1. The van der Waals surface area contributed by atoms with Crippen molar-refractivity contribution in [1.82, 2.24) is 15.5 Å². The standard InChI is InChI=1S/C14H27N3O3S.3C2H6/c1-11(18)10-12(14(20)16-8-7-15-2)17(3)13(19)6-4-5-9-21;3*1-2/h12,15,21H,4-10H2,1-3H3,(H,16,20);3*1-2H3. The fraction of sp³-hybridized carbons (Fsp3) is 0.850. The van der Waals surface area contributed by atoms with Gasteiger partial charge in [-0.1, -0.05) is 41.5 Å². The van der Waals surface area contributed by atoms with E-state index in [1.807, 2.05) is 41.5 Å². The van der Waals surface area contributed by atoms with Gasteiger partial charge in [0.05, 0.1) is 0 Å². The van der Waals surface area contributed by atoms with E-state index >= 15 is 0 Å². The monoisotopic (exact) mass is 407 g/mol. The molecule has 2 amide bonds. The van der Waals surface area contributed by atoms with Gasteiger partial charge < -0.3 is 15.5 Å². The van der Waals surface area contributed by atoms with E-state index in [9.17, 15) is 14.4 Å². The lowest BCUT2D eigenvalue weighted by molar-refractivity contribution is -0.140. The molecular formula is C20H45N3O3S. The third-order valence-electron chi connectivity index (χ3n) is 3.12. The number of thiol groups is 1. The largest absolute Gasteiger partial charge is 0.353 e. The minimum absolute atomic E-state index is 0.0419. The first kappa shape index (κ1) is 33.5. The van der Waals surface area contributed by atoms with Crippen LogP contribution in [-0.4, -0.2) is 61.5 Å². The molecule has 0 heterocycles. The molecule has 0 aromatic carbocycles. The van der Waals surface area contributed by atoms with Crippen molar-refractivity contribution >= 4 is 30.2 Å². The van der Waals surface area contributed by atoms with Crippen molar-refractivity contribution in [3.05, 3.63) is 0 Å². The molecule has 0 saturated heterocycles. The van der Waals surface area contributed by atoms with E-state index in [4.69, 9.17) is 0 Å². The first-order valence-corrected chi connectivity index (χ1v) is 10.9. The zero-order chi connectivity index (χ0) is 22.3. The number of carbonyl (C=O) groups excluding carboxylic acids is 3. The number of hydrogen-bond acceptors (Lipinski definition) is 5. The molecule has 1 atom stereocenters. The predicted octanol–water partition coefficient (Wildman–Crippen LogP) is 3.31. The Morgan fingerprint density at radius 2 is 1.48 bits per heavy atom. The topological polar surface area (TPSA) is 78.5 Å². The Balaban J connectivity index is -0.000000397. The highest BCUT2D eigenvalue weighted by Gasteiger charge is 2.27. The molecule has 0 aliphatic rings.